The molecule has 4 heteroatoms. The third-order valence-electron chi connectivity index (χ3n) is 8.45. The van der Waals surface area contributed by atoms with E-state index in [0.717, 1.165) is 37.7 Å². The minimum Gasteiger partial charge on any atom is -0.390 e. The van der Waals surface area contributed by atoms with Crippen LogP contribution in [0.2, 0.25) is 0 Å². The van der Waals surface area contributed by atoms with Gasteiger partial charge in [-0.3, -0.25) is 4.79 Å². The molecule has 24 heavy (non-hydrogen) atoms. The Morgan fingerprint density at radius 1 is 1.12 bits per heavy atom. The predicted molar refractivity (Wildman–Crippen MR) is 93.5 cm³/mol. The van der Waals surface area contributed by atoms with E-state index < -0.39 is 11.7 Å². The average Bonchev–Trinajstić information content (AvgIpc) is 2.73. The van der Waals surface area contributed by atoms with Gasteiger partial charge in [-0.2, -0.15) is 0 Å². The molecule has 0 radical (unpaired) electrons. The largest absolute Gasteiger partial charge is 0.390 e. The van der Waals surface area contributed by atoms with Crippen LogP contribution in [0.1, 0.15) is 65.7 Å². The highest BCUT2D eigenvalue weighted by atomic mass is 35.5. The van der Waals surface area contributed by atoms with E-state index in [9.17, 15) is 15.0 Å². The summed E-state index contributed by atoms with van der Waals surface area (Å²) in [6, 6.07) is 0. The lowest BCUT2D eigenvalue weighted by atomic mass is 9.46. The summed E-state index contributed by atoms with van der Waals surface area (Å²) in [6.07, 6.45) is 5.07. The number of fused-ring (bicyclic) bond motifs is 5. The second kappa shape index (κ2) is 5.08. The van der Waals surface area contributed by atoms with E-state index in [4.69, 9.17) is 11.6 Å². The number of Topliss-reactive ketones (excluding diaryl/α,β-unsaturated/α-hetero) is 1. The van der Waals surface area contributed by atoms with Crippen molar-refractivity contribution < 1.29 is 15.0 Å². The summed E-state index contributed by atoms with van der Waals surface area (Å²) in [6.45, 7) is 6.25. The lowest BCUT2D eigenvalue weighted by molar-refractivity contribution is -0.157. The molecule has 134 valence electrons. The molecule has 0 heterocycles. The van der Waals surface area contributed by atoms with Gasteiger partial charge < -0.3 is 10.2 Å². The van der Waals surface area contributed by atoms with E-state index in [1.807, 2.05) is 6.92 Å². The molecule has 1 unspecified atom stereocenters. The lowest BCUT2D eigenvalue weighted by Crippen LogP contribution is -2.58. The Hall–Kier alpha value is -0.380. The van der Waals surface area contributed by atoms with Gasteiger partial charge in [-0.15, -0.1) is 0 Å². The van der Waals surface area contributed by atoms with Gasteiger partial charge in [0, 0.05) is 28.2 Å². The molecule has 3 saturated carbocycles. The second-order valence-electron chi connectivity index (χ2n) is 9.46. The number of aliphatic hydroxyl groups is 2. The van der Waals surface area contributed by atoms with E-state index in [1.165, 1.54) is 0 Å². The summed E-state index contributed by atoms with van der Waals surface area (Å²) < 4.78 is 0. The van der Waals surface area contributed by atoms with Crippen LogP contribution in [0.25, 0.3) is 0 Å². The number of allylic oxidation sites excluding steroid dienone is 1. The normalized spacial score (nSPS) is 54.3. The fourth-order valence-electron chi connectivity index (χ4n) is 6.83. The number of aliphatic hydroxyl groups excluding tert-OH is 1. The Morgan fingerprint density at radius 2 is 1.83 bits per heavy atom. The van der Waals surface area contributed by atoms with Crippen molar-refractivity contribution in [3.05, 3.63) is 10.6 Å². The fraction of sp³-hybridized carbons (Fsp3) is 0.850. The van der Waals surface area contributed by atoms with Gasteiger partial charge in [0.05, 0.1) is 11.7 Å². The molecule has 4 aliphatic rings. The number of ketones is 1. The molecule has 0 spiro atoms. The van der Waals surface area contributed by atoms with Crippen molar-refractivity contribution in [1.29, 1.82) is 0 Å². The smallest absolute Gasteiger partial charge is 0.137 e. The van der Waals surface area contributed by atoms with Crippen LogP contribution in [0, 0.1) is 28.6 Å². The molecule has 2 N–H and O–H groups in total. The third-order valence-corrected chi connectivity index (χ3v) is 8.93. The quantitative estimate of drug-likeness (QED) is 0.697. The van der Waals surface area contributed by atoms with Crippen molar-refractivity contribution in [3.63, 3.8) is 0 Å². The van der Waals surface area contributed by atoms with E-state index in [0.29, 0.717) is 35.5 Å². The Kier molecular flexibility index (Phi) is 3.61. The maximum absolute atomic E-state index is 13.3. The Balaban J connectivity index is 1.78. The second-order valence-corrected chi connectivity index (χ2v) is 9.87. The fourth-order valence-corrected chi connectivity index (χ4v) is 7.25. The average molecular weight is 353 g/mol. The summed E-state index contributed by atoms with van der Waals surface area (Å²) in [4.78, 5) is 13.3. The molecular weight excluding hydrogens is 324 g/mol. The van der Waals surface area contributed by atoms with Crippen LogP contribution in [-0.4, -0.2) is 27.7 Å². The number of halogens is 1. The topological polar surface area (TPSA) is 57.5 Å². The number of carbonyl (C=O) groups is 1. The third kappa shape index (κ3) is 1.95. The monoisotopic (exact) mass is 352 g/mol. The highest BCUT2D eigenvalue weighted by molar-refractivity contribution is 6.30. The molecule has 3 fully saturated rings. The molecule has 0 aromatic heterocycles. The number of hydrogen-bond acceptors (Lipinski definition) is 3. The molecule has 0 aromatic carbocycles. The zero-order valence-electron chi connectivity index (χ0n) is 14.9. The van der Waals surface area contributed by atoms with Gasteiger partial charge in [0.15, 0.2) is 0 Å². The standard InChI is InChI=1S/C20H29ClO3/c1-18-8-7-14(22)17(21)13(18)5-4-11-12-6-9-20(3,24)19(12,2)10-15(23)16(11)18/h11-12,14,16,22,24H,4-10H2,1-3H3/t11-,12-,14?,16+,18-,19-,20-/m0/s1. The summed E-state index contributed by atoms with van der Waals surface area (Å²) in [5.41, 5.74) is -0.103. The van der Waals surface area contributed by atoms with Gasteiger partial charge in [0.25, 0.3) is 0 Å². The summed E-state index contributed by atoms with van der Waals surface area (Å²) in [5.74, 6) is 1.08. The summed E-state index contributed by atoms with van der Waals surface area (Å²) in [5, 5.41) is 21.7. The van der Waals surface area contributed by atoms with E-state index in [-0.39, 0.29) is 16.7 Å². The molecule has 7 atom stereocenters. The zero-order chi connectivity index (χ0) is 17.5. The van der Waals surface area contributed by atoms with Crippen molar-refractivity contribution in [1.82, 2.24) is 0 Å². The van der Waals surface area contributed by atoms with Crippen LogP contribution in [0.5, 0.6) is 0 Å². The van der Waals surface area contributed by atoms with Crippen LogP contribution in [-0.2, 0) is 4.79 Å². The first kappa shape index (κ1) is 17.1. The molecule has 0 aliphatic heterocycles. The van der Waals surface area contributed by atoms with E-state index in [1.54, 1.807) is 0 Å². The first-order valence-corrected chi connectivity index (χ1v) is 9.82. The van der Waals surface area contributed by atoms with Crippen LogP contribution in [0.15, 0.2) is 10.6 Å². The van der Waals surface area contributed by atoms with Gasteiger partial charge in [0.2, 0.25) is 0 Å². The van der Waals surface area contributed by atoms with Gasteiger partial charge in [-0.05, 0) is 62.9 Å². The Morgan fingerprint density at radius 3 is 2.54 bits per heavy atom. The molecule has 3 nitrogen and oxygen atoms in total. The SMILES string of the molecule is C[C@]12CCC(O)C(Cl)=C1CC[C@@H]1[C@@H]2C(=O)C[C@@]2(C)[C@H]1CC[C@]2(C)O. The summed E-state index contributed by atoms with van der Waals surface area (Å²) in [7, 11) is 0. The van der Waals surface area contributed by atoms with E-state index in [2.05, 4.69) is 13.8 Å². The minimum atomic E-state index is -0.740. The van der Waals surface area contributed by atoms with Crippen LogP contribution >= 0.6 is 11.6 Å². The van der Waals surface area contributed by atoms with Crippen molar-refractivity contribution in [2.45, 2.75) is 77.4 Å². The van der Waals surface area contributed by atoms with Crippen LogP contribution < -0.4 is 0 Å². The Labute approximate surface area is 149 Å². The first-order chi connectivity index (χ1) is 11.1. The lowest BCUT2D eigenvalue weighted by Gasteiger charge is -2.58. The molecule has 4 rings (SSSR count). The minimum absolute atomic E-state index is 0.00877. The molecule has 0 saturated heterocycles. The molecule has 0 amide bonds. The highest BCUT2D eigenvalue weighted by Gasteiger charge is 2.65. The maximum atomic E-state index is 13.3. The van der Waals surface area contributed by atoms with Crippen LogP contribution in [0.4, 0.5) is 0 Å². The summed E-state index contributed by atoms with van der Waals surface area (Å²) >= 11 is 6.47. The number of hydrogen-bond donors (Lipinski definition) is 2. The van der Waals surface area contributed by atoms with Gasteiger partial charge in [-0.25, -0.2) is 0 Å². The molecule has 0 aromatic rings. The highest BCUT2D eigenvalue weighted by Crippen LogP contribution is 2.67. The zero-order valence-corrected chi connectivity index (χ0v) is 15.7. The van der Waals surface area contributed by atoms with E-state index >= 15 is 0 Å². The van der Waals surface area contributed by atoms with Crippen molar-refractivity contribution in [2.24, 2.45) is 28.6 Å². The van der Waals surface area contributed by atoms with Gasteiger partial charge in [-0.1, -0.05) is 25.4 Å². The van der Waals surface area contributed by atoms with Gasteiger partial charge in [0.1, 0.15) is 5.78 Å². The van der Waals surface area contributed by atoms with Crippen LogP contribution in [0.3, 0.4) is 0 Å². The molecule has 4 aliphatic carbocycles. The molecule has 0 bridgehead atoms. The number of carbonyl (C=O) groups excluding carboxylic acids is 1. The predicted octanol–water partition coefficient (Wildman–Crippen LogP) is 3.81. The Bertz CT molecular complexity index is 624. The van der Waals surface area contributed by atoms with Crippen molar-refractivity contribution in [2.75, 3.05) is 0 Å². The van der Waals surface area contributed by atoms with Crippen molar-refractivity contribution in [3.8, 4) is 0 Å². The van der Waals surface area contributed by atoms with Crippen molar-refractivity contribution >= 4 is 17.4 Å². The first-order valence-electron chi connectivity index (χ1n) is 9.44. The maximum Gasteiger partial charge on any atom is 0.137 e. The number of rotatable bonds is 0. The molecular formula is C20H29ClO3. The van der Waals surface area contributed by atoms with Gasteiger partial charge >= 0.3 is 0 Å².